The lowest BCUT2D eigenvalue weighted by atomic mass is 9.98. The molecule has 0 aliphatic rings. The van der Waals surface area contributed by atoms with E-state index in [1.165, 1.54) is 0 Å². The summed E-state index contributed by atoms with van der Waals surface area (Å²) in [6.07, 6.45) is 0.391. The van der Waals surface area contributed by atoms with Gasteiger partial charge in [-0.1, -0.05) is 0 Å². The van der Waals surface area contributed by atoms with E-state index in [1.807, 2.05) is 0 Å². The van der Waals surface area contributed by atoms with E-state index in [2.05, 4.69) is 4.74 Å². The van der Waals surface area contributed by atoms with Gasteiger partial charge in [-0.25, -0.2) is 21.6 Å². The summed E-state index contributed by atoms with van der Waals surface area (Å²) in [5, 5.41) is 0. The number of rotatable bonds is 6. The summed E-state index contributed by atoms with van der Waals surface area (Å²) < 4.78 is 64.2. The van der Waals surface area contributed by atoms with Gasteiger partial charge < -0.3 is 4.74 Å². The zero-order chi connectivity index (χ0) is 12.3. The predicted molar refractivity (Wildman–Crippen MR) is 50.4 cm³/mol. The molecule has 0 aromatic carbocycles. The maximum Gasteiger partial charge on any atom is 0.278 e. The first kappa shape index (κ1) is 14.7. The van der Waals surface area contributed by atoms with Gasteiger partial charge in [-0.2, -0.15) is 0 Å². The molecule has 1 unspecified atom stereocenters. The topological polar surface area (TPSA) is 43.4 Å². The van der Waals surface area contributed by atoms with Crippen LogP contribution in [0.3, 0.4) is 0 Å². The Morgan fingerprint density at radius 2 is 1.67 bits per heavy atom. The van der Waals surface area contributed by atoms with E-state index >= 15 is 0 Å². The van der Waals surface area contributed by atoms with Gasteiger partial charge in [0.2, 0.25) is 0 Å². The summed E-state index contributed by atoms with van der Waals surface area (Å²) in [5.41, 5.74) is -2.69. The highest BCUT2D eigenvalue weighted by atomic mass is 32.2. The van der Waals surface area contributed by atoms with Gasteiger partial charge in [0.25, 0.3) is 5.92 Å². The summed E-state index contributed by atoms with van der Waals surface area (Å²) in [6, 6.07) is 0. The van der Waals surface area contributed by atoms with Crippen LogP contribution in [0.4, 0.5) is 13.2 Å². The Hall–Kier alpha value is -0.300. The van der Waals surface area contributed by atoms with E-state index in [4.69, 9.17) is 0 Å². The quantitative estimate of drug-likeness (QED) is 0.673. The number of hydrogen-bond acceptors (Lipinski definition) is 3. The van der Waals surface area contributed by atoms with Crippen molar-refractivity contribution in [3.8, 4) is 0 Å². The second-order valence-electron chi connectivity index (χ2n) is 3.79. The Kier molecular flexibility index (Phi) is 4.60. The average Bonchev–Trinajstić information content (AvgIpc) is 1.94. The molecule has 92 valence electrons. The summed E-state index contributed by atoms with van der Waals surface area (Å²) in [6.45, 7) is 0.879. The van der Waals surface area contributed by atoms with Gasteiger partial charge in [-0.15, -0.1) is 0 Å². The fourth-order valence-corrected chi connectivity index (χ4v) is 1.11. The molecule has 0 N–H and O–H groups in total. The van der Waals surface area contributed by atoms with Gasteiger partial charge in [0.05, 0.1) is 6.61 Å². The van der Waals surface area contributed by atoms with Crippen LogP contribution in [0.25, 0.3) is 0 Å². The average molecular weight is 248 g/mol. The summed E-state index contributed by atoms with van der Waals surface area (Å²) in [5.74, 6) is -4.06. The second kappa shape index (κ2) is 4.69. The maximum atomic E-state index is 13.2. The smallest absolute Gasteiger partial charge is 0.278 e. The molecule has 0 aromatic rings. The number of halogens is 3. The molecular formula is C8H15F3O3S. The number of alkyl halides is 3. The minimum Gasteiger partial charge on any atom is -0.365 e. The van der Waals surface area contributed by atoms with Crippen LogP contribution in [0.5, 0.6) is 0 Å². The monoisotopic (exact) mass is 248 g/mol. The van der Waals surface area contributed by atoms with Crippen molar-refractivity contribution in [3.63, 3.8) is 0 Å². The molecule has 0 heterocycles. The van der Waals surface area contributed by atoms with Gasteiger partial charge in [-0.3, -0.25) is 0 Å². The van der Waals surface area contributed by atoms with E-state index in [0.717, 1.165) is 13.2 Å². The van der Waals surface area contributed by atoms with Crippen LogP contribution in [-0.2, 0) is 14.6 Å². The third-order valence-electron chi connectivity index (χ3n) is 1.93. The molecule has 0 rings (SSSR count). The SMILES string of the molecule is CC(F)(F)C(C)(F)CCOCS(C)(=O)=O. The van der Waals surface area contributed by atoms with E-state index in [1.54, 1.807) is 0 Å². The van der Waals surface area contributed by atoms with E-state index in [0.29, 0.717) is 6.92 Å². The first-order valence-electron chi connectivity index (χ1n) is 4.28. The maximum absolute atomic E-state index is 13.2. The molecule has 0 spiro atoms. The van der Waals surface area contributed by atoms with Crippen LogP contribution in [0, 0.1) is 0 Å². The van der Waals surface area contributed by atoms with Crippen LogP contribution < -0.4 is 0 Å². The molecule has 0 aromatic heterocycles. The van der Waals surface area contributed by atoms with Crippen molar-refractivity contribution in [2.45, 2.75) is 31.9 Å². The van der Waals surface area contributed by atoms with Crippen LogP contribution >= 0.6 is 0 Å². The van der Waals surface area contributed by atoms with Gasteiger partial charge in [0.1, 0.15) is 5.94 Å². The Balaban J connectivity index is 3.98. The molecule has 7 heteroatoms. The molecule has 3 nitrogen and oxygen atoms in total. The molecule has 15 heavy (non-hydrogen) atoms. The zero-order valence-corrected chi connectivity index (χ0v) is 9.70. The molecule has 0 aliphatic heterocycles. The van der Waals surface area contributed by atoms with Crippen LogP contribution in [0.15, 0.2) is 0 Å². The lowest BCUT2D eigenvalue weighted by Gasteiger charge is -2.26. The van der Waals surface area contributed by atoms with Crippen molar-refractivity contribution in [1.29, 1.82) is 0 Å². The third-order valence-corrected chi connectivity index (χ3v) is 2.52. The third kappa shape index (κ3) is 5.99. The minimum atomic E-state index is -3.47. The first-order valence-corrected chi connectivity index (χ1v) is 6.34. The summed E-state index contributed by atoms with van der Waals surface area (Å²) >= 11 is 0. The Morgan fingerprint density at radius 3 is 2.00 bits per heavy atom. The number of sulfone groups is 1. The van der Waals surface area contributed by atoms with Gasteiger partial charge in [-0.05, 0) is 6.92 Å². The highest BCUT2D eigenvalue weighted by molar-refractivity contribution is 7.90. The highest BCUT2D eigenvalue weighted by Gasteiger charge is 2.46. The molecule has 1 atom stereocenters. The Morgan fingerprint density at radius 1 is 1.20 bits per heavy atom. The predicted octanol–water partition coefficient (Wildman–Crippen LogP) is 1.78. The Labute approximate surface area is 87.5 Å². The van der Waals surface area contributed by atoms with E-state index < -0.39 is 33.8 Å². The Bertz CT molecular complexity index is 293. The zero-order valence-electron chi connectivity index (χ0n) is 8.89. The van der Waals surface area contributed by atoms with Gasteiger partial charge in [0, 0.05) is 19.6 Å². The number of hydrogen-bond donors (Lipinski definition) is 0. The standard InChI is InChI=1S/C8H15F3O3S/c1-7(9,8(2,10)11)4-5-14-6-15(3,12)13/h4-6H2,1-3H3. The van der Waals surface area contributed by atoms with Crippen LogP contribution in [0.2, 0.25) is 0 Å². The first-order chi connectivity index (χ1) is 6.46. The van der Waals surface area contributed by atoms with Crippen LogP contribution in [-0.4, -0.2) is 38.8 Å². The molecular weight excluding hydrogens is 233 g/mol. The van der Waals surface area contributed by atoms with Gasteiger partial charge in [0.15, 0.2) is 15.5 Å². The second-order valence-corrected chi connectivity index (χ2v) is 5.87. The molecule has 0 aliphatic carbocycles. The summed E-state index contributed by atoms with van der Waals surface area (Å²) in [7, 11) is -3.31. The lowest BCUT2D eigenvalue weighted by Crippen LogP contribution is -2.39. The van der Waals surface area contributed by atoms with Crippen LogP contribution in [0.1, 0.15) is 20.3 Å². The van der Waals surface area contributed by atoms with Crippen molar-refractivity contribution in [3.05, 3.63) is 0 Å². The van der Waals surface area contributed by atoms with E-state index in [9.17, 15) is 21.6 Å². The lowest BCUT2D eigenvalue weighted by molar-refractivity contribution is -0.124. The van der Waals surface area contributed by atoms with Crippen molar-refractivity contribution in [2.24, 2.45) is 0 Å². The largest absolute Gasteiger partial charge is 0.365 e. The molecule has 0 fully saturated rings. The normalized spacial score (nSPS) is 17.5. The highest BCUT2D eigenvalue weighted by Crippen LogP contribution is 2.34. The van der Waals surface area contributed by atoms with Crippen molar-refractivity contribution in [1.82, 2.24) is 0 Å². The van der Waals surface area contributed by atoms with Crippen molar-refractivity contribution in [2.75, 3.05) is 18.8 Å². The molecule has 0 bridgehead atoms. The van der Waals surface area contributed by atoms with Gasteiger partial charge >= 0.3 is 0 Å². The fourth-order valence-electron chi connectivity index (χ4n) is 0.694. The summed E-state index contributed by atoms with van der Waals surface area (Å²) in [4.78, 5) is 0. The van der Waals surface area contributed by atoms with Crippen molar-refractivity contribution >= 4 is 9.84 Å². The minimum absolute atomic E-state index is 0.358. The fraction of sp³-hybridized carbons (Fsp3) is 1.00. The molecule has 0 saturated heterocycles. The van der Waals surface area contributed by atoms with Crippen molar-refractivity contribution < 1.29 is 26.3 Å². The molecule has 0 radical (unpaired) electrons. The number of ether oxygens (including phenoxy) is 1. The molecule has 0 amide bonds. The molecule has 0 saturated carbocycles. The van der Waals surface area contributed by atoms with E-state index in [-0.39, 0.29) is 6.61 Å².